The van der Waals surface area contributed by atoms with Gasteiger partial charge in [0.15, 0.2) is 0 Å². The van der Waals surface area contributed by atoms with E-state index in [-0.39, 0.29) is 17.9 Å². The van der Waals surface area contributed by atoms with E-state index < -0.39 is 0 Å². The van der Waals surface area contributed by atoms with Crippen LogP contribution in [0.2, 0.25) is 0 Å². The Hall–Kier alpha value is -2.47. The smallest absolute Gasteiger partial charge is 0.262 e. The van der Waals surface area contributed by atoms with E-state index in [4.69, 9.17) is 4.52 Å². The van der Waals surface area contributed by atoms with Crippen LogP contribution in [0.25, 0.3) is 11.4 Å². The zero-order chi connectivity index (χ0) is 17.8. The van der Waals surface area contributed by atoms with Crippen molar-refractivity contribution in [1.29, 1.82) is 0 Å². The van der Waals surface area contributed by atoms with Crippen molar-refractivity contribution in [3.05, 3.63) is 58.1 Å². The molecule has 0 aliphatic heterocycles. The first-order valence-corrected chi connectivity index (χ1v) is 9.21. The first kappa shape index (κ1) is 17.4. The monoisotopic (exact) mass is 355 g/mol. The Morgan fingerprint density at radius 1 is 1.32 bits per heavy atom. The lowest BCUT2D eigenvalue weighted by molar-refractivity contribution is 0.0914. The lowest BCUT2D eigenvalue weighted by Gasteiger charge is -2.20. The Morgan fingerprint density at radius 3 is 2.84 bits per heavy atom. The summed E-state index contributed by atoms with van der Waals surface area (Å²) in [4.78, 5) is 17.6. The zero-order valence-electron chi connectivity index (χ0n) is 14.5. The molecule has 0 spiro atoms. The van der Waals surface area contributed by atoms with Crippen molar-refractivity contribution < 1.29 is 9.32 Å². The highest BCUT2D eigenvalue weighted by molar-refractivity contribution is 7.12. The van der Waals surface area contributed by atoms with Gasteiger partial charge in [-0.1, -0.05) is 55.3 Å². The number of nitrogens with one attached hydrogen (secondary N) is 1. The second-order valence-electron chi connectivity index (χ2n) is 6.14. The topological polar surface area (TPSA) is 68.0 Å². The summed E-state index contributed by atoms with van der Waals surface area (Å²) < 4.78 is 5.49. The third-order valence-electron chi connectivity index (χ3n) is 4.23. The first-order valence-electron chi connectivity index (χ1n) is 8.33. The van der Waals surface area contributed by atoms with Crippen LogP contribution in [-0.4, -0.2) is 16.0 Å². The molecule has 1 amide bonds. The van der Waals surface area contributed by atoms with Gasteiger partial charge in [0.05, 0.1) is 4.88 Å². The normalized spacial score (nSPS) is 13.4. The van der Waals surface area contributed by atoms with Crippen LogP contribution in [-0.2, 0) is 0 Å². The van der Waals surface area contributed by atoms with E-state index in [2.05, 4.69) is 29.3 Å². The van der Waals surface area contributed by atoms with Gasteiger partial charge in [-0.05, 0) is 30.4 Å². The number of carbonyl (C=O) groups is 1. The van der Waals surface area contributed by atoms with Crippen molar-refractivity contribution in [1.82, 2.24) is 15.5 Å². The van der Waals surface area contributed by atoms with Gasteiger partial charge in [-0.3, -0.25) is 4.79 Å². The summed E-state index contributed by atoms with van der Waals surface area (Å²) in [6, 6.07) is 11.3. The minimum Gasteiger partial charge on any atom is -0.339 e. The van der Waals surface area contributed by atoms with Gasteiger partial charge in [0.1, 0.15) is 6.04 Å². The van der Waals surface area contributed by atoms with E-state index in [0.717, 1.165) is 17.5 Å². The molecule has 5 nitrogen and oxygen atoms in total. The maximum Gasteiger partial charge on any atom is 0.262 e. The van der Waals surface area contributed by atoms with Gasteiger partial charge in [0.2, 0.25) is 11.7 Å². The van der Waals surface area contributed by atoms with Crippen LogP contribution in [0.3, 0.4) is 0 Å². The highest BCUT2D eigenvalue weighted by atomic mass is 32.1. The highest BCUT2D eigenvalue weighted by Crippen LogP contribution is 2.26. The fourth-order valence-corrected chi connectivity index (χ4v) is 3.19. The van der Waals surface area contributed by atoms with Crippen molar-refractivity contribution >= 4 is 17.2 Å². The number of hydrogen-bond donors (Lipinski definition) is 1. The molecule has 0 aliphatic carbocycles. The highest BCUT2D eigenvalue weighted by Gasteiger charge is 2.27. The molecule has 3 aromatic rings. The summed E-state index contributed by atoms with van der Waals surface area (Å²) in [6.07, 6.45) is 0.886. The summed E-state index contributed by atoms with van der Waals surface area (Å²) in [5.74, 6) is 1.04. The Morgan fingerprint density at radius 2 is 2.16 bits per heavy atom. The Balaban J connectivity index is 1.85. The molecular weight excluding hydrogens is 334 g/mol. The Kier molecular flexibility index (Phi) is 5.28. The summed E-state index contributed by atoms with van der Waals surface area (Å²) in [5.41, 5.74) is 2.04. The van der Waals surface area contributed by atoms with Crippen LogP contribution < -0.4 is 5.32 Å². The summed E-state index contributed by atoms with van der Waals surface area (Å²) in [7, 11) is 0. The quantitative estimate of drug-likeness (QED) is 0.700. The molecule has 0 fully saturated rings. The van der Waals surface area contributed by atoms with E-state index in [0.29, 0.717) is 16.6 Å². The molecule has 0 aliphatic rings. The molecule has 1 N–H and O–H groups in total. The minimum atomic E-state index is -0.314. The molecule has 25 heavy (non-hydrogen) atoms. The molecule has 2 atom stereocenters. The number of nitrogens with zero attached hydrogens (tertiary/aromatic N) is 2. The molecule has 0 saturated carbocycles. The maximum atomic E-state index is 12.4. The predicted octanol–water partition coefficient (Wildman–Crippen LogP) is 4.62. The summed E-state index contributed by atoms with van der Waals surface area (Å²) in [5, 5.41) is 9.02. The van der Waals surface area contributed by atoms with Crippen LogP contribution in [0.1, 0.15) is 47.4 Å². The fourth-order valence-electron chi connectivity index (χ4n) is 2.57. The first-order chi connectivity index (χ1) is 12.1. The molecule has 130 valence electrons. The van der Waals surface area contributed by atoms with Crippen molar-refractivity contribution in [2.45, 2.75) is 33.2 Å². The second-order valence-corrected chi connectivity index (χ2v) is 7.09. The average Bonchev–Trinajstić information content (AvgIpc) is 3.30. The van der Waals surface area contributed by atoms with Gasteiger partial charge in [-0.15, -0.1) is 11.3 Å². The third kappa shape index (κ3) is 3.96. The van der Waals surface area contributed by atoms with Crippen LogP contribution in [0, 0.1) is 12.8 Å². The number of aromatic nitrogens is 2. The van der Waals surface area contributed by atoms with Crippen LogP contribution in [0.5, 0.6) is 0 Å². The van der Waals surface area contributed by atoms with Crippen LogP contribution >= 0.6 is 11.3 Å². The van der Waals surface area contributed by atoms with Gasteiger partial charge in [0, 0.05) is 5.56 Å². The molecule has 0 radical (unpaired) electrons. The summed E-state index contributed by atoms with van der Waals surface area (Å²) in [6.45, 7) is 6.16. The molecule has 1 aromatic carbocycles. The molecule has 2 aromatic heterocycles. The van der Waals surface area contributed by atoms with Crippen molar-refractivity contribution in [3.63, 3.8) is 0 Å². The number of aryl methyl sites for hydroxylation is 1. The van der Waals surface area contributed by atoms with E-state index in [9.17, 15) is 4.79 Å². The number of carbonyl (C=O) groups excluding carboxylic acids is 1. The number of hydrogen-bond acceptors (Lipinski definition) is 5. The van der Waals surface area contributed by atoms with Gasteiger partial charge in [0.25, 0.3) is 5.91 Å². The number of benzene rings is 1. The average molecular weight is 355 g/mol. The zero-order valence-corrected chi connectivity index (χ0v) is 15.3. The van der Waals surface area contributed by atoms with E-state index in [1.165, 1.54) is 11.3 Å². The molecule has 0 bridgehead atoms. The lowest BCUT2D eigenvalue weighted by atomic mass is 9.99. The van der Waals surface area contributed by atoms with Gasteiger partial charge in [-0.25, -0.2) is 0 Å². The minimum absolute atomic E-state index is 0.115. The maximum absolute atomic E-state index is 12.4. The lowest BCUT2D eigenvalue weighted by Crippen LogP contribution is -2.32. The van der Waals surface area contributed by atoms with Crippen molar-refractivity contribution in [3.8, 4) is 11.4 Å². The molecule has 2 heterocycles. The van der Waals surface area contributed by atoms with Crippen molar-refractivity contribution in [2.24, 2.45) is 5.92 Å². The standard InChI is InChI=1S/C19H21N3O2S/c1-4-13(3)16(20-18(23)15-9-6-10-25-15)19-21-17(22-24-19)14-8-5-7-12(2)11-14/h5-11,13,16H,4H2,1-3H3,(H,20,23)/t13-,16-/m0/s1. The second kappa shape index (κ2) is 7.61. The number of amides is 1. The van der Waals surface area contributed by atoms with E-state index in [1.54, 1.807) is 6.07 Å². The SMILES string of the molecule is CC[C@H](C)[C@H](NC(=O)c1cccs1)c1nc(-c2cccc(C)c2)no1. The summed E-state index contributed by atoms with van der Waals surface area (Å²) >= 11 is 1.41. The molecule has 3 rings (SSSR count). The fraction of sp³-hybridized carbons (Fsp3) is 0.316. The van der Waals surface area contributed by atoms with Crippen LogP contribution in [0.4, 0.5) is 0 Å². The van der Waals surface area contributed by atoms with E-state index in [1.807, 2.05) is 42.6 Å². The third-order valence-corrected chi connectivity index (χ3v) is 5.10. The molecule has 0 unspecified atom stereocenters. The van der Waals surface area contributed by atoms with Crippen molar-refractivity contribution in [2.75, 3.05) is 0 Å². The number of thiophene rings is 1. The van der Waals surface area contributed by atoms with Gasteiger partial charge >= 0.3 is 0 Å². The number of rotatable bonds is 6. The Bertz CT molecular complexity index is 842. The van der Waals surface area contributed by atoms with Crippen LogP contribution in [0.15, 0.2) is 46.3 Å². The van der Waals surface area contributed by atoms with Gasteiger partial charge in [-0.2, -0.15) is 4.98 Å². The molecule has 0 saturated heterocycles. The van der Waals surface area contributed by atoms with Gasteiger partial charge < -0.3 is 9.84 Å². The molecular formula is C19H21N3O2S. The van der Waals surface area contributed by atoms with E-state index >= 15 is 0 Å². The molecule has 6 heteroatoms. The largest absolute Gasteiger partial charge is 0.339 e. The predicted molar refractivity (Wildman–Crippen MR) is 98.5 cm³/mol. The Labute approximate surface area is 151 Å².